The monoisotopic (exact) mass is 377 g/mol. The van der Waals surface area contributed by atoms with Gasteiger partial charge in [0.25, 0.3) is 5.91 Å². The van der Waals surface area contributed by atoms with E-state index in [0.29, 0.717) is 23.2 Å². The number of hydrogen-bond acceptors (Lipinski definition) is 5. The third-order valence-corrected chi connectivity index (χ3v) is 4.23. The van der Waals surface area contributed by atoms with Crippen LogP contribution in [0.3, 0.4) is 0 Å². The second-order valence-electron chi connectivity index (χ2n) is 6.60. The predicted octanol–water partition coefficient (Wildman–Crippen LogP) is 4.29. The van der Waals surface area contributed by atoms with Crippen molar-refractivity contribution >= 4 is 11.6 Å². The first-order valence-corrected chi connectivity index (χ1v) is 9.06. The first kappa shape index (κ1) is 19.4. The van der Waals surface area contributed by atoms with E-state index >= 15 is 0 Å². The van der Waals surface area contributed by atoms with Gasteiger partial charge in [-0.15, -0.1) is 10.2 Å². The minimum Gasteiger partial charge on any atom is -0.484 e. The molecule has 1 N–H and O–H groups in total. The number of ether oxygens (including phenoxy) is 2. The van der Waals surface area contributed by atoms with Gasteiger partial charge in [0, 0.05) is 17.3 Å². The fourth-order valence-electron chi connectivity index (χ4n) is 2.60. The Kier molecular flexibility index (Phi) is 6.22. The van der Waals surface area contributed by atoms with Crippen molar-refractivity contribution in [3.05, 3.63) is 66.2 Å². The number of rotatable bonds is 7. The fourth-order valence-corrected chi connectivity index (χ4v) is 2.60. The number of carbonyl (C=O) groups excluding carboxylic acids is 1. The lowest BCUT2D eigenvalue weighted by molar-refractivity contribution is -0.118. The Morgan fingerprint density at radius 1 is 0.964 bits per heavy atom. The van der Waals surface area contributed by atoms with Gasteiger partial charge in [0.15, 0.2) is 6.61 Å². The van der Waals surface area contributed by atoms with Gasteiger partial charge >= 0.3 is 0 Å². The lowest BCUT2D eigenvalue weighted by Crippen LogP contribution is -2.20. The van der Waals surface area contributed by atoms with Crippen LogP contribution in [-0.4, -0.2) is 29.8 Å². The molecule has 0 aliphatic rings. The Labute approximate surface area is 164 Å². The molecule has 0 aliphatic heterocycles. The lowest BCUT2D eigenvalue weighted by atomic mass is 10.0. The number of nitrogens with zero attached hydrogens (tertiary/aromatic N) is 2. The van der Waals surface area contributed by atoms with Crippen molar-refractivity contribution in [2.75, 3.05) is 19.0 Å². The third-order valence-electron chi connectivity index (χ3n) is 4.23. The average molecular weight is 377 g/mol. The molecule has 0 bridgehead atoms. The van der Waals surface area contributed by atoms with E-state index in [1.165, 1.54) is 5.56 Å². The predicted molar refractivity (Wildman–Crippen MR) is 109 cm³/mol. The highest BCUT2D eigenvalue weighted by atomic mass is 16.5. The van der Waals surface area contributed by atoms with E-state index in [1.54, 1.807) is 13.2 Å². The molecule has 1 heterocycles. The molecule has 0 aliphatic carbocycles. The van der Waals surface area contributed by atoms with Crippen LogP contribution >= 0.6 is 0 Å². The number of aromatic nitrogens is 2. The topological polar surface area (TPSA) is 73.3 Å². The smallest absolute Gasteiger partial charge is 0.262 e. The third kappa shape index (κ3) is 5.07. The maximum atomic E-state index is 12.1. The summed E-state index contributed by atoms with van der Waals surface area (Å²) in [6.45, 7) is 4.22. The van der Waals surface area contributed by atoms with Gasteiger partial charge in [0.1, 0.15) is 5.75 Å². The standard InChI is InChI=1S/C22H23N3O3/c1-15(2)16-6-10-19(11-7-16)28-14-21(26)23-18-8-4-17(5-9-18)20-12-13-22(27-3)25-24-20/h4-13,15H,14H2,1-3H3,(H,23,26). The van der Waals surface area contributed by atoms with Crippen LogP contribution in [0.25, 0.3) is 11.3 Å². The number of anilines is 1. The van der Waals surface area contributed by atoms with E-state index in [1.807, 2.05) is 54.6 Å². The molecule has 0 saturated heterocycles. The van der Waals surface area contributed by atoms with E-state index < -0.39 is 0 Å². The van der Waals surface area contributed by atoms with Gasteiger partial charge in [-0.05, 0) is 41.8 Å². The fraction of sp³-hybridized carbons (Fsp3) is 0.227. The Hall–Kier alpha value is -3.41. The molecule has 0 radical (unpaired) electrons. The zero-order valence-electron chi connectivity index (χ0n) is 16.2. The van der Waals surface area contributed by atoms with Gasteiger partial charge in [-0.25, -0.2) is 0 Å². The van der Waals surface area contributed by atoms with Gasteiger partial charge in [-0.1, -0.05) is 38.1 Å². The van der Waals surface area contributed by atoms with Crippen LogP contribution in [0.2, 0.25) is 0 Å². The largest absolute Gasteiger partial charge is 0.484 e. The maximum absolute atomic E-state index is 12.1. The summed E-state index contributed by atoms with van der Waals surface area (Å²) >= 11 is 0. The average Bonchev–Trinajstić information content (AvgIpc) is 2.73. The molecular weight excluding hydrogens is 354 g/mol. The van der Waals surface area contributed by atoms with Crippen LogP contribution in [0.1, 0.15) is 25.3 Å². The molecule has 3 rings (SSSR count). The molecule has 6 heteroatoms. The molecule has 0 saturated carbocycles. The molecule has 0 atom stereocenters. The molecule has 1 amide bonds. The van der Waals surface area contributed by atoms with Gasteiger partial charge in [-0.3, -0.25) is 4.79 Å². The highest BCUT2D eigenvalue weighted by molar-refractivity contribution is 5.92. The zero-order chi connectivity index (χ0) is 19.9. The normalized spacial score (nSPS) is 10.6. The summed E-state index contributed by atoms with van der Waals surface area (Å²) in [5.41, 5.74) is 3.55. The quantitative estimate of drug-likeness (QED) is 0.665. The van der Waals surface area contributed by atoms with Crippen LogP contribution < -0.4 is 14.8 Å². The lowest BCUT2D eigenvalue weighted by Gasteiger charge is -2.10. The summed E-state index contributed by atoms with van der Waals surface area (Å²) in [5, 5.41) is 10.9. The summed E-state index contributed by atoms with van der Waals surface area (Å²) in [6.07, 6.45) is 0. The number of amides is 1. The van der Waals surface area contributed by atoms with Gasteiger partial charge in [0.2, 0.25) is 5.88 Å². The molecule has 0 unspecified atom stereocenters. The van der Waals surface area contributed by atoms with E-state index in [9.17, 15) is 4.79 Å². The second kappa shape index (κ2) is 8.99. The number of methoxy groups -OCH3 is 1. The Balaban J connectivity index is 1.53. The summed E-state index contributed by atoms with van der Waals surface area (Å²) in [7, 11) is 1.55. The number of carbonyl (C=O) groups is 1. The molecule has 28 heavy (non-hydrogen) atoms. The minimum absolute atomic E-state index is 0.0489. The van der Waals surface area contributed by atoms with Crippen molar-refractivity contribution in [3.8, 4) is 22.9 Å². The van der Waals surface area contributed by atoms with E-state index in [4.69, 9.17) is 9.47 Å². The Bertz CT molecular complexity index is 905. The first-order valence-electron chi connectivity index (χ1n) is 9.06. The van der Waals surface area contributed by atoms with Crippen LogP contribution in [-0.2, 0) is 4.79 Å². The van der Waals surface area contributed by atoms with Gasteiger partial charge < -0.3 is 14.8 Å². The first-order chi connectivity index (χ1) is 13.5. The van der Waals surface area contributed by atoms with E-state index in [0.717, 1.165) is 11.3 Å². The number of nitrogens with one attached hydrogen (secondary N) is 1. The summed E-state index contributed by atoms with van der Waals surface area (Å²) in [4.78, 5) is 12.1. The van der Waals surface area contributed by atoms with Crippen molar-refractivity contribution in [3.63, 3.8) is 0 Å². The van der Waals surface area contributed by atoms with Crippen LogP contribution in [0.15, 0.2) is 60.7 Å². The summed E-state index contributed by atoms with van der Waals surface area (Å²) in [5.74, 6) is 1.38. The van der Waals surface area contributed by atoms with Gasteiger partial charge in [0.05, 0.1) is 12.8 Å². The maximum Gasteiger partial charge on any atom is 0.262 e. The second-order valence-corrected chi connectivity index (χ2v) is 6.60. The van der Waals surface area contributed by atoms with Crippen molar-refractivity contribution in [2.45, 2.75) is 19.8 Å². The van der Waals surface area contributed by atoms with E-state index in [-0.39, 0.29) is 12.5 Å². The molecule has 3 aromatic rings. The molecule has 0 spiro atoms. The molecule has 144 valence electrons. The SMILES string of the molecule is COc1ccc(-c2ccc(NC(=O)COc3ccc(C(C)C)cc3)cc2)nn1. The van der Waals surface area contributed by atoms with Crippen molar-refractivity contribution < 1.29 is 14.3 Å². The summed E-state index contributed by atoms with van der Waals surface area (Å²) in [6, 6.07) is 18.8. The van der Waals surface area contributed by atoms with Crippen molar-refractivity contribution in [1.29, 1.82) is 0 Å². The Morgan fingerprint density at radius 2 is 1.68 bits per heavy atom. The van der Waals surface area contributed by atoms with Crippen LogP contribution in [0, 0.1) is 0 Å². The zero-order valence-corrected chi connectivity index (χ0v) is 16.2. The molecule has 1 aromatic heterocycles. The van der Waals surface area contributed by atoms with Crippen LogP contribution in [0.4, 0.5) is 5.69 Å². The summed E-state index contributed by atoms with van der Waals surface area (Å²) < 4.78 is 10.6. The number of benzene rings is 2. The van der Waals surface area contributed by atoms with Crippen molar-refractivity contribution in [2.24, 2.45) is 0 Å². The molecule has 2 aromatic carbocycles. The molecule has 6 nitrogen and oxygen atoms in total. The highest BCUT2D eigenvalue weighted by Crippen LogP contribution is 2.21. The highest BCUT2D eigenvalue weighted by Gasteiger charge is 2.06. The van der Waals surface area contributed by atoms with Crippen molar-refractivity contribution in [1.82, 2.24) is 10.2 Å². The number of hydrogen-bond donors (Lipinski definition) is 1. The van der Waals surface area contributed by atoms with E-state index in [2.05, 4.69) is 29.4 Å². The Morgan fingerprint density at radius 3 is 2.25 bits per heavy atom. The molecule has 0 fully saturated rings. The minimum atomic E-state index is -0.218. The van der Waals surface area contributed by atoms with Crippen LogP contribution in [0.5, 0.6) is 11.6 Å². The van der Waals surface area contributed by atoms with Gasteiger partial charge in [-0.2, -0.15) is 0 Å². The molecular formula is C22H23N3O3.